The number of hydrogen-bond donors (Lipinski definition) is 3. The summed E-state index contributed by atoms with van der Waals surface area (Å²) in [4.78, 5) is 10.5. The summed E-state index contributed by atoms with van der Waals surface area (Å²) >= 11 is 0. The number of benzene rings is 1. The van der Waals surface area contributed by atoms with Gasteiger partial charge in [-0.1, -0.05) is 0 Å². The third-order valence-electron chi connectivity index (χ3n) is 2.78. The maximum atomic E-state index is 10.5. The van der Waals surface area contributed by atoms with Crippen LogP contribution in [0.4, 0.5) is 5.69 Å². The average Bonchev–Trinajstić information content (AvgIpc) is 2.26. The molecule has 1 fully saturated rings. The average molecular weight is 235 g/mol. The molecule has 0 bridgehead atoms. The molecule has 17 heavy (non-hydrogen) atoms. The lowest BCUT2D eigenvalue weighted by Gasteiger charge is -2.33. The first-order valence-electron chi connectivity index (χ1n) is 5.67. The molecule has 5 N–H and O–H groups in total. The van der Waals surface area contributed by atoms with Crippen LogP contribution in [0.2, 0.25) is 0 Å². The predicted octanol–water partition coefficient (Wildman–Crippen LogP) is 0.452. The summed E-state index contributed by atoms with van der Waals surface area (Å²) < 4.78 is 5.16. The Balaban J connectivity index is 1.82. The summed E-state index contributed by atoms with van der Waals surface area (Å²) in [6.07, 6.45) is 2.03. The van der Waals surface area contributed by atoms with E-state index in [1.54, 1.807) is 0 Å². The van der Waals surface area contributed by atoms with Crippen LogP contribution < -0.4 is 21.5 Å². The first kappa shape index (κ1) is 11.7. The maximum absolute atomic E-state index is 10.5. The second-order valence-electron chi connectivity index (χ2n) is 4.35. The zero-order valence-corrected chi connectivity index (χ0v) is 9.56. The van der Waals surface area contributed by atoms with Gasteiger partial charge in [-0.3, -0.25) is 4.79 Å². The van der Waals surface area contributed by atoms with Gasteiger partial charge in [0.2, 0.25) is 0 Å². The molecule has 1 aliphatic rings. The number of hydrogen-bond acceptors (Lipinski definition) is 4. The first-order valence-corrected chi connectivity index (χ1v) is 5.67. The Bertz CT molecular complexity index is 385. The summed E-state index contributed by atoms with van der Waals surface area (Å²) in [5.74, 6) is 0.162. The summed E-state index contributed by atoms with van der Waals surface area (Å²) in [7, 11) is 0. The molecule has 0 unspecified atom stereocenters. The van der Waals surface area contributed by atoms with Crippen LogP contribution in [0.5, 0.6) is 5.75 Å². The molecule has 0 spiro atoms. The number of carbonyl (C=O) groups excluding carboxylic acids is 1. The second-order valence-corrected chi connectivity index (χ2v) is 4.35. The molecule has 1 aromatic carbocycles. The van der Waals surface area contributed by atoms with Crippen molar-refractivity contribution in [1.29, 1.82) is 0 Å². The van der Waals surface area contributed by atoms with Crippen LogP contribution in [-0.2, 0) is 4.79 Å². The van der Waals surface area contributed by atoms with Crippen molar-refractivity contribution in [2.75, 3.05) is 11.9 Å². The molecular weight excluding hydrogens is 218 g/mol. The summed E-state index contributed by atoms with van der Waals surface area (Å²) in [6.45, 7) is -0.0930. The van der Waals surface area contributed by atoms with Crippen molar-refractivity contribution >= 4 is 11.6 Å². The topological polar surface area (TPSA) is 90.4 Å². The van der Waals surface area contributed by atoms with E-state index in [0.717, 1.165) is 18.5 Å². The van der Waals surface area contributed by atoms with Gasteiger partial charge in [0.25, 0.3) is 5.91 Å². The highest BCUT2D eigenvalue weighted by Gasteiger charge is 2.25. The van der Waals surface area contributed by atoms with Crippen molar-refractivity contribution in [3.8, 4) is 5.75 Å². The van der Waals surface area contributed by atoms with Crippen LogP contribution in [0.3, 0.4) is 0 Å². The number of carbonyl (C=O) groups is 1. The highest BCUT2D eigenvalue weighted by Crippen LogP contribution is 2.23. The molecule has 1 aliphatic carbocycles. The Morgan fingerprint density at radius 2 is 2.00 bits per heavy atom. The largest absolute Gasteiger partial charge is 0.484 e. The van der Waals surface area contributed by atoms with E-state index in [2.05, 4.69) is 5.32 Å². The van der Waals surface area contributed by atoms with E-state index in [-0.39, 0.29) is 6.61 Å². The van der Waals surface area contributed by atoms with Crippen LogP contribution in [0.15, 0.2) is 24.3 Å². The smallest absolute Gasteiger partial charge is 0.255 e. The molecule has 0 aliphatic heterocycles. The molecule has 1 amide bonds. The third-order valence-corrected chi connectivity index (χ3v) is 2.78. The van der Waals surface area contributed by atoms with Gasteiger partial charge in [-0.05, 0) is 37.1 Å². The molecule has 0 atom stereocenters. The number of nitrogens with one attached hydrogen (secondary N) is 1. The molecular formula is C12H17N3O2. The van der Waals surface area contributed by atoms with Crippen molar-refractivity contribution in [3.63, 3.8) is 0 Å². The fraction of sp³-hybridized carbons (Fsp3) is 0.417. The van der Waals surface area contributed by atoms with Crippen LogP contribution in [0.25, 0.3) is 0 Å². The Morgan fingerprint density at radius 3 is 2.53 bits per heavy atom. The van der Waals surface area contributed by atoms with Crippen molar-refractivity contribution in [3.05, 3.63) is 24.3 Å². The molecule has 0 radical (unpaired) electrons. The van der Waals surface area contributed by atoms with E-state index in [0.29, 0.717) is 17.8 Å². The molecule has 0 heterocycles. The number of amides is 1. The highest BCUT2D eigenvalue weighted by atomic mass is 16.5. The Hall–Kier alpha value is -1.75. The number of nitrogens with two attached hydrogens (primary N) is 2. The van der Waals surface area contributed by atoms with Crippen LogP contribution in [0.1, 0.15) is 12.8 Å². The van der Waals surface area contributed by atoms with E-state index >= 15 is 0 Å². The Labute approximate surface area is 100 Å². The van der Waals surface area contributed by atoms with Crippen LogP contribution in [-0.4, -0.2) is 24.6 Å². The van der Waals surface area contributed by atoms with Crippen molar-refractivity contribution in [2.24, 2.45) is 11.5 Å². The maximum Gasteiger partial charge on any atom is 0.255 e. The SMILES string of the molecule is NC(=O)COc1ccc(NC2CC(N)C2)cc1. The summed E-state index contributed by atoms with van der Waals surface area (Å²) in [5.41, 5.74) is 11.7. The number of ether oxygens (including phenoxy) is 1. The normalized spacial score (nSPS) is 22.6. The minimum Gasteiger partial charge on any atom is -0.484 e. The number of anilines is 1. The van der Waals surface area contributed by atoms with Gasteiger partial charge in [-0.2, -0.15) is 0 Å². The molecule has 92 valence electrons. The number of rotatable bonds is 5. The van der Waals surface area contributed by atoms with Crippen LogP contribution >= 0.6 is 0 Å². The third kappa shape index (κ3) is 3.35. The fourth-order valence-corrected chi connectivity index (χ4v) is 1.82. The van der Waals surface area contributed by atoms with Gasteiger partial charge in [0.05, 0.1) is 0 Å². The van der Waals surface area contributed by atoms with Gasteiger partial charge in [-0.25, -0.2) is 0 Å². The monoisotopic (exact) mass is 235 g/mol. The van der Waals surface area contributed by atoms with Gasteiger partial charge in [-0.15, -0.1) is 0 Å². The second kappa shape index (κ2) is 5.05. The van der Waals surface area contributed by atoms with Crippen molar-refractivity contribution in [2.45, 2.75) is 24.9 Å². The Kier molecular flexibility index (Phi) is 3.49. The lowest BCUT2D eigenvalue weighted by atomic mass is 9.87. The van der Waals surface area contributed by atoms with Gasteiger partial charge in [0.15, 0.2) is 6.61 Å². The molecule has 5 heteroatoms. The van der Waals surface area contributed by atoms with E-state index in [1.165, 1.54) is 0 Å². The van der Waals surface area contributed by atoms with Crippen molar-refractivity contribution in [1.82, 2.24) is 0 Å². The highest BCUT2D eigenvalue weighted by molar-refractivity contribution is 5.75. The van der Waals surface area contributed by atoms with E-state index in [4.69, 9.17) is 16.2 Å². The lowest BCUT2D eigenvalue weighted by molar-refractivity contribution is -0.119. The fourth-order valence-electron chi connectivity index (χ4n) is 1.82. The Morgan fingerprint density at radius 1 is 1.35 bits per heavy atom. The molecule has 2 rings (SSSR count). The minimum absolute atomic E-state index is 0.0930. The summed E-state index contributed by atoms with van der Waals surface area (Å²) in [6, 6.07) is 8.27. The zero-order valence-electron chi connectivity index (χ0n) is 9.56. The zero-order chi connectivity index (χ0) is 12.3. The van der Waals surface area contributed by atoms with Gasteiger partial charge in [0, 0.05) is 17.8 Å². The minimum atomic E-state index is -0.476. The van der Waals surface area contributed by atoms with Crippen LogP contribution in [0, 0.1) is 0 Å². The first-order chi connectivity index (χ1) is 8.13. The molecule has 1 saturated carbocycles. The van der Waals surface area contributed by atoms with Gasteiger partial charge in [0.1, 0.15) is 5.75 Å². The number of primary amides is 1. The summed E-state index contributed by atoms with van der Waals surface area (Å²) in [5, 5.41) is 3.37. The molecule has 0 saturated heterocycles. The predicted molar refractivity (Wildman–Crippen MR) is 65.8 cm³/mol. The van der Waals surface area contributed by atoms with Gasteiger partial charge >= 0.3 is 0 Å². The van der Waals surface area contributed by atoms with Crippen molar-refractivity contribution < 1.29 is 9.53 Å². The molecule has 1 aromatic rings. The standard InChI is InChI=1S/C12H17N3O2/c13-8-5-10(6-8)15-9-1-3-11(4-2-9)17-7-12(14)16/h1-4,8,10,15H,5-7,13H2,(H2,14,16). The van der Waals surface area contributed by atoms with E-state index < -0.39 is 5.91 Å². The quantitative estimate of drug-likeness (QED) is 0.691. The van der Waals surface area contributed by atoms with E-state index in [9.17, 15) is 4.79 Å². The van der Waals surface area contributed by atoms with Gasteiger partial charge < -0.3 is 21.5 Å². The molecule has 0 aromatic heterocycles. The lowest BCUT2D eigenvalue weighted by Crippen LogP contribution is -2.44. The van der Waals surface area contributed by atoms with E-state index in [1.807, 2.05) is 24.3 Å². The molecule has 5 nitrogen and oxygen atoms in total.